The second kappa shape index (κ2) is 9.71. The van der Waals surface area contributed by atoms with Crippen LogP contribution in [-0.2, 0) is 8.85 Å². The summed E-state index contributed by atoms with van der Waals surface area (Å²) in [5.41, 5.74) is 2.56. The molecule has 3 nitrogen and oxygen atoms in total. The molecule has 0 amide bonds. The van der Waals surface area contributed by atoms with Gasteiger partial charge in [0, 0.05) is 17.8 Å². The molecule has 3 aliphatic carbocycles. The lowest BCUT2D eigenvalue weighted by atomic mass is 9.55. The highest BCUT2D eigenvalue weighted by atomic mass is 28.4. The molecule has 5 heteroatoms. The molecule has 0 spiro atoms. The van der Waals surface area contributed by atoms with Crippen molar-refractivity contribution in [3.8, 4) is 0 Å². The predicted octanol–water partition coefficient (Wildman–Crippen LogP) is 9.26. The van der Waals surface area contributed by atoms with Crippen molar-refractivity contribution in [1.82, 2.24) is 0 Å². The van der Waals surface area contributed by atoms with Gasteiger partial charge in [0.1, 0.15) is 5.60 Å². The van der Waals surface area contributed by atoms with E-state index in [0.29, 0.717) is 24.9 Å². The Hall–Kier alpha value is -0.206. The Balaban J connectivity index is 2.11. The molecule has 0 aromatic carbocycles. The van der Waals surface area contributed by atoms with Gasteiger partial charge in [0.05, 0.1) is 12.7 Å². The first-order valence-electron chi connectivity index (χ1n) is 15.0. The normalized spacial score (nSPS) is 35.6. The van der Waals surface area contributed by atoms with Crippen LogP contribution in [0.3, 0.4) is 0 Å². The third-order valence-electron chi connectivity index (χ3n) is 11.5. The van der Waals surface area contributed by atoms with Gasteiger partial charge in [0.15, 0.2) is 16.6 Å². The third kappa shape index (κ3) is 5.82. The first-order valence-corrected chi connectivity index (χ1v) is 20.8. The van der Waals surface area contributed by atoms with E-state index < -0.39 is 22.2 Å². The fourth-order valence-corrected chi connectivity index (χ4v) is 8.91. The van der Waals surface area contributed by atoms with Gasteiger partial charge in [0.25, 0.3) is 0 Å². The molecule has 3 rings (SSSR count). The number of rotatable bonds is 6. The van der Waals surface area contributed by atoms with Crippen molar-refractivity contribution in [2.45, 2.75) is 149 Å². The summed E-state index contributed by atoms with van der Waals surface area (Å²) in [6, 6.07) is 0. The van der Waals surface area contributed by atoms with Crippen molar-refractivity contribution < 1.29 is 14.0 Å². The molecule has 0 aliphatic heterocycles. The van der Waals surface area contributed by atoms with Crippen molar-refractivity contribution >= 4 is 16.6 Å². The van der Waals surface area contributed by atoms with Crippen LogP contribution >= 0.6 is 0 Å². The van der Waals surface area contributed by atoms with E-state index >= 15 is 0 Å². The molecule has 0 radical (unpaired) electrons. The van der Waals surface area contributed by atoms with E-state index in [2.05, 4.69) is 108 Å². The molecule has 0 aromatic heterocycles. The van der Waals surface area contributed by atoms with Crippen LogP contribution in [0.2, 0.25) is 36.3 Å². The van der Waals surface area contributed by atoms with Crippen LogP contribution in [0.1, 0.15) is 101 Å². The van der Waals surface area contributed by atoms with Crippen LogP contribution in [0.15, 0.2) is 23.3 Å². The minimum absolute atomic E-state index is 0.00697. The summed E-state index contributed by atoms with van der Waals surface area (Å²) in [7, 11) is -4.07. The largest absolute Gasteiger partial charge is 0.414 e. The second-order valence-corrected chi connectivity index (χ2v) is 26.3. The molecular formula is C32H60O3Si2. The van der Waals surface area contributed by atoms with E-state index in [1.54, 1.807) is 11.1 Å². The maximum absolute atomic E-state index is 12.2. The minimum Gasteiger partial charge on any atom is -0.414 e. The van der Waals surface area contributed by atoms with Gasteiger partial charge in [0.2, 0.25) is 0 Å². The van der Waals surface area contributed by atoms with Crippen LogP contribution in [0.5, 0.6) is 0 Å². The van der Waals surface area contributed by atoms with Gasteiger partial charge in [-0.2, -0.15) is 0 Å². The van der Waals surface area contributed by atoms with Crippen LogP contribution in [0.4, 0.5) is 0 Å². The summed E-state index contributed by atoms with van der Waals surface area (Å²) in [5, 5.41) is 12.4. The zero-order chi connectivity index (χ0) is 28.5. The van der Waals surface area contributed by atoms with Crippen molar-refractivity contribution in [2.24, 2.45) is 22.7 Å². The Labute approximate surface area is 232 Å². The number of allylic oxidation sites excluding steroid dienone is 3. The van der Waals surface area contributed by atoms with Crippen molar-refractivity contribution in [2.75, 3.05) is 6.61 Å². The monoisotopic (exact) mass is 548 g/mol. The van der Waals surface area contributed by atoms with Crippen molar-refractivity contribution in [3.05, 3.63) is 23.3 Å². The van der Waals surface area contributed by atoms with Crippen LogP contribution in [0, 0.1) is 22.7 Å². The quantitative estimate of drug-likeness (QED) is 0.265. The van der Waals surface area contributed by atoms with Gasteiger partial charge < -0.3 is 14.0 Å². The lowest BCUT2D eigenvalue weighted by Crippen LogP contribution is -2.55. The number of hydrogen-bond acceptors (Lipinski definition) is 3. The fourth-order valence-electron chi connectivity index (χ4n) is 6.45. The van der Waals surface area contributed by atoms with E-state index in [1.807, 2.05) is 0 Å². The summed E-state index contributed by atoms with van der Waals surface area (Å²) in [5.74, 6) is 0.874. The van der Waals surface area contributed by atoms with Gasteiger partial charge in [-0.05, 0) is 73.3 Å². The van der Waals surface area contributed by atoms with Crippen molar-refractivity contribution in [1.29, 1.82) is 0 Å². The Morgan fingerprint density at radius 1 is 0.946 bits per heavy atom. The van der Waals surface area contributed by atoms with Crippen LogP contribution < -0.4 is 0 Å². The van der Waals surface area contributed by atoms with Gasteiger partial charge in [-0.3, -0.25) is 0 Å². The topological polar surface area (TPSA) is 38.7 Å². The molecule has 214 valence electrons. The third-order valence-corrected chi connectivity index (χ3v) is 20.4. The minimum atomic E-state index is -2.07. The van der Waals surface area contributed by atoms with Gasteiger partial charge in [-0.15, -0.1) is 0 Å². The molecule has 0 saturated heterocycles. The Morgan fingerprint density at radius 3 is 2.03 bits per heavy atom. The fraction of sp³-hybridized carbons (Fsp3) is 0.875. The molecule has 37 heavy (non-hydrogen) atoms. The lowest BCUT2D eigenvalue weighted by Gasteiger charge is -2.54. The molecule has 1 unspecified atom stereocenters. The molecule has 1 fully saturated rings. The summed E-state index contributed by atoms with van der Waals surface area (Å²) in [6.07, 6.45) is 9.98. The van der Waals surface area contributed by atoms with E-state index in [-0.39, 0.29) is 27.0 Å². The molecule has 3 aliphatic rings. The summed E-state index contributed by atoms with van der Waals surface area (Å²) >= 11 is 0. The molecule has 1 saturated carbocycles. The SMILES string of the molecule is CC(C)C1=C2[C@@H]3C=CC(O)(CO[Si](C)(C)C(C)(C)C)C[C@@H](O[Si](C)(C)C(C)(C)C)[C@]3(C)CC[C@@]2(C)CC1. The highest BCUT2D eigenvalue weighted by Gasteiger charge is 2.57. The Bertz CT molecular complexity index is 919. The number of fused-ring (bicyclic) bond motifs is 3. The molecule has 0 aromatic rings. The average molecular weight is 549 g/mol. The second-order valence-electron chi connectivity index (χ2n) is 16.7. The zero-order valence-electron chi connectivity index (χ0n) is 26.9. The molecule has 5 atom stereocenters. The standard InChI is InChI=1S/C32H60O3Si2/c1-23(2)24-15-17-30(9)19-20-31(10)25(27(24)30)16-18-32(33,22-34-36(11,12)28(3,4)5)21-26(31)35-37(13,14)29(6,7)8/h16,18,23,25-26,33H,15,17,19-22H2,1-14H3/t25-,26+,30+,31+,32?/m0/s1. The zero-order valence-corrected chi connectivity index (χ0v) is 28.9. The highest BCUT2D eigenvalue weighted by molar-refractivity contribution is 6.74. The molecule has 1 N–H and O–H groups in total. The van der Waals surface area contributed by atoms with Crippen LogP contribution in [0.25, 0.3) is 0 Å². The van der Waals surface area contributed by atoms with E-state index in [4.69, 9.17) is 8.85 Å². The summed E-state index contributed by atoms with van der Waals surface area (Å²) < 4.78 is 14.0. The molecule has 0 bridgehead atoms. The van der Waals surface area contributed by atoms with E-state index in [1.165, 1.54) is 19.3 Å². The highest BCUT2D eigenvalue weighted by Crippen LogP contribution is 2.63. The lowest BCUT2D eigenvalue weighted by molar-refractivity contribution is -0.0604. The Morgan fingerprint density at radius 2 is 1.51 bits per heavy atom. The molecule has 0 heterocycles. The predicted molar refractivity (Wildman–Crippen MR) is 164 cm³/mol. The van der Waals surface area contributed by atoms with Gasteiger partial charge in [-0.25, -0.2) is 0 Å². The first kappa shape index (κ1) is 31.3. The summed E-state index contributed by atoms with van der Waals surface area (Å²) in [4.78, 5) is 0. The van der Waals surface area contributed by atoms with Gasteiger partial charge in [-0.1, -0.05) is 92.5 Å². The Kier molecular flexibility index (Phi) is 8.22. The smallest absolute Gasteiger partial charge is 0.192 e. The molecular weight excluding hydrogens is 489 g/mol. The summed E-state index contributed by atoms with van der Waals surface area (Å²) in [6.45, 7) is 33.2. The average Bonchev–Trinajstić information content (AvgIpc) is 3.02. The number of aliphatic hydroxyl groups is 1. The first-order chi connectivity index (χ1) is 16.5. The maximum Gasteiger partial charge on any atom is 0.192 e. The van der Waals surface area contributed by atoms with E-state index in [9.17, 15) is 5.11 Å². The van der Waals surface area contributed by atoms with E-state index in [0.717, 1.165) is 6.42 Å². The van der Waals surface area contributed by atoms with Crippen molar-refractivity contribution in [3.63, 3.8) is 0 Å². The number of hydrogen-bond donors (Lipinski definition) is 1. The van der Waals surface area contributed by atoms with Gasteiger partial charge >= 0.3 is 0 Å². The maximum atomic E-state index is 12.2. The van der Waals surface area contributed by atoms with Crippen LogP contribution in [-0.4, -0.2) is 40.1 Å².